The van der Waals surface area contributed by atoms with Crippen LogP contribution in [0.15, 0.2) is 30.3 Å². The number of nitrogens with one attached hydrogen (secondary N) is 2. The van der Waals surface area contributed by atoms with Crippen molar-refractivity contribution in [1.82, 2.24) is 15.5 Å². The van der Waals surface area contributed by atoms with Gasteiger partial charge in [0.2, 0.25) is 11.8 Å². The number of hydrogen-bond donors (Lipinski definition) is 3. The minimum absolute atomic E-state index is 0.0302. The number of carbonyl (C=O) groups is 4. The van der Waals surface area contributed by atoms with E-state index in [0.717, 1.165) is 0 Å². The van der Waals surface area contributed by atoms with Crippen molar-refractivity contribution < 1.29 is 29.0 Å². The van der Waals surface area contributed by atoms with Gasteiger partial charge in [-0.2, -0.15) is 0 Å². The van der Waals surface area contributed by atoms with Gasteiger partial charge in [0.1, 0.15) is 29.1 Å². The highest BCUT2D eigenvalue weighted by atomic mass is 35.5. The van der Waals surface area contributed by atoms with E-state index in [2.05, 4.69) is 10.6 Å². The molecule has 0 aliphatic carbocycles. The van der Waals surface area contributed by atoms with Gasteiger partial charge in [-0.05, 0) is 33.3 Å². The Kier molecular flexibility index (Phi) is 6.67. The van der Waals surface area contributed by atoms with Crippen molar-refractivity contribution in [3.63, 3.8) is 0 Å². The number of aliphatic carboxylic acids is 1. The first-order valence-electron chi connectivity index (χ1n) is 10.0. The van der Waals surface area contributed by atoms with Crippen LogP contribution >= 0.6 is 23.4 Å². The Morgan fingerprint density at radius 1 is 1.28 bits per heavy atom. The molecule has 2 heterocycles. The Morgan fingerprint density at radius 3 is 2.44 bits per heavy atom. The van der Waals surface area contributed by atoms with Crippen molar-refractivity contribution in [3.8, 4) is 0 Å². The lowest BCUT2D eigenvalue weighted by atomic mass is 9.95. The number of alkyl carbamates (subject to hydrolysis) is 1. The van der Waals surface area contributed by atoms with Crippen molar-refractivity contribution in [2.75, 3.05) is 5.88 Å². The smallest absolute Gasteiger partial charge is 0.408 e. The largest absolute Gasteiger partial charge is 0.480 e. The van der Waals surface area contributed by atoms with Gasteiger partial charge in [-0.1, -0.05) is 30.3 Å². The summed E-state index contributed by atoms with van der Waals surface area (Å²) in [7, 11) is 0. The average Bonchev–Trinajstić information content (AvgIpc) is 3.00. The summed E-state index contributed by atoms with van der Waals surface area (Å²) in [5.74, 6) is -2.22. The van der Waals surface area contributed by atoms with Crippen molar-refractivity contribution in [2.24, 2.45) is 0 Å². The van der Waals surface area contributed by atoms with Crippen LogP contribution in [0.1, 0.15) is 39.3 Å². The van der Waals surface area contributed by atoms with Crippen LogP contribution in [0.5, 0.6) is 0 Å². The summed E-state index contributed by atoms with van der Waals surface area (Å²) >= 11 is 7.26. The number of carboxylic acid groups (broad SMARTS) is 1. The molecule has 0 saturated carbocycles. The Labute approximate surface area is 195 Å². The first kappa shape index (κ1) is 24.2. The van der Waals surface area contributed by atoms with E-state index in [-0.39, 0.29) is 5.88 Å². The second-order valence-electron chi connectivity index (χ2n) is 8.92. The number of β-lactam (4-membered cyclic amide) rings is 1. The molecule has 174 valence electrons. The van der Waals surface area contributed by atoms with Crippen LogP contribution in [0.3, 0.4) is 0 Å². The SMILES string of the molecule is CC(C)(C)OC(=O)NC(C(=O)N[C@@H]1C(=O)N2[C@@H](C(=O)O)[C@](C)(CCl)S[C@@H]12)c1ccccc1. The zero-order valence-electron chi connectivity index (χ0n) is 18.1. The molecule has 0 bridgehead atoms. The number of nitrogens with zero attached hydrogens (tertiary/aromatic N) is 1. The fourth-order valence-corrected chi connectivity index (χ4v) is 5.70. The Bertz CT molecular complexity index is 924. The quantitative estimate of drug-likeness (QED) is 0.418. The van der Waals surface area contributed by atoms with Gasteiger partial charge in [0.05, 0.1) is 4.75 Å². The lowest BCUT2D eigenvalue weighted by molar-refractivity contribution is -0.161. The second kappa shape index (κ2) is 8.82. The first-order valence-corrected chi connectivity index (χ1v) is 11.4. The molecule has 2 fully saturated rings. The molecule has 0 spiro atoms. The summed E-state index contributed by atoms with van der Waals surface area (Å²) in [5.41, 5.74) is -0.252. The number of rotatable bonds is 6. The first-order chi connectivity index (χ1) is 14.9. The highest BCUT2D eigenvalue weighted by molar-refractivity contribution is 8.01. The van der Waals surface area contributed by atoms with Crippen molar-refractivity contribution in [3.05, 3.63) is 35.9 Å². The number of thioether (sulfide) groups is 1. The van der Waals surface area contributed by atoms with Crippen LogP contribution in [0.25, 0.3) is 0 Å². The van der Waals surface area contributed by atoms with Crippen LogP contribution in [-0.4, -0.2) is 67.6 Å². The van der Waals surface area contributed by atoms with Gasteiger partial charge in [0.15, 0.2) is 0 Å². The summed E-state index contributed by atoms with van der Waals surface area (Å²) in [4.78, 5) is 51.2. The molecule has 3 amide bonds. The predicted octanol–water partition coefficient (Wildman–Crippen LogP) is 2.10. The highest BCUT2D eigenvalue weighted by Gasteiger charge is 2.65. The minimum Gasteiger partial charge on any atom is -0.480 e. The van der Waals surface area contributed by atoms with Crippen molar-refractivity contribution in [1.29, 1.82) is 0 Å². The molecule has 0 aromatic heterocycles. The topological polar surface area (TPSA) is 125 Å². The molecule has 2 aliphatic heterocycles. The zero-order valence-corrected chi connectivity index (χ0v) is 19.7. The molecule has 0 radical (unpaired) electrons. The molecule has 5 atom stereocenters. The second-order valence-corrected chi connectivity index (χ2v) is 10.8. The average molecular weight is 484 g/mol. The highest BCUT2D eigenvalue weighted by Crippen LogP contribution is 2.51. The molecular weight excluding hydrogens is 458 g/mol. The lowest BCUT2D eigenvalue weighted by Gasteiger charge is -2.44. The van der Waals surface area contributed by atoms with E-state index in [0.29, 0.717) is 5.56 Å². The fourth-order valence-electron chi connectivity index (χ4n) is 3.75. The standard InChI is InChI=1S/C21H26ClN3O6S/c1-20(2,3)31-19(30)24-12(11-8-6-5-7-9-11)15(26)23-13-16(27)25-14(18(28)29)21(4,10-22)32-17(13)25/h5-9,12-14,17H,10H2,1-4H3,(H,23,26)(H,24,30)(H,28,29)/t12?,13-,14+,17+,21+/m1/s1. The van der Waals surface area contributed by atoms with Crippen molar-refractivity contribution >= 4 is 47.2 Å². The fraction of sp³-hybridized carbons (Fsp3) is 0.524. The summed E-state index contributed by atoms with van der Waals surface area (Å²) in [6, 6.07) is 5.45. The van der Waals surface area contributed by atoms with E-state index in [1.165, 1.54) is 16.7 Å². The van der Waals surface area contributed by atoms with Gasteiger partial charge in [-0.25, -0.2) is 9.59 Å². The number of amides is 3. The number of halogens is 1. The number of fused-ring (bicyclic) bond motifs is 1. The molecular formula is C21H26ClN3O6S. The van der Waals surface area contributed by atoms with Gasteiger partial charge >= 0.3 is 12.1 Å². The number of alkyl halides is 1. The summed E-state index contributed by atoms with van der Waals surface area (Å²) in [6.45, 7) is 6.80. The summed E-state index contributed by atoms with van der Waals surface area (Å²) in [5, 5.41) is 14.3. The molecule has 2 saturated heterocycles. The molecule has 2 aliphatic rings. The Morgan fingerprint density at radius 2 is 1.91 bits per heavy atom. The maximum atomic E-state index is 13.1. The number of carboxylic acids is 1. The molecule has 3 rings (SSSR count). The number of benzene rings is 1. The lowest BCUT2D eigenvalue weighted by Crippen LogP contribution is -2.71. The molecule has 1 aromatic carbocycles. The summed E-state index contributed by atoms with van der Waals surface area (Å²) < 4.78 is 4.38. The van der Waals surface area contributed by atoms with E-state index < -0.39 is 57.7 Å². The minimum atomic E-state index is -1.14. The number of hydrogen-bond acceptors (Lipinski definition) is 6. The van der Waals surface area contributed by atoms with Crippen LogP contribution in [0, 0.1) is 0 Å². The molecule has 9 nitrogen and oxygen atoms in total. The third-order valence-electron chi connectivity index (χ3n) is 5.18. The number of carbonyl (C=O) groups excluding carboxylic acids is 3. The van der Waals surface area contributed by atoms with Crippen LogP contribution in [0.2, 0.25) is 0 Å². The molecule has 32 heavy (non-hydrogen) atoms. The third-order valence-corrected chi connectivity index (χ3v) is 7.54. The molecule has 3 N–H and O–H groups in total. The van der Waals surface area contributed by atoms with Crippen LogP contribution in [-0.2, 0) is 19.1 Å². The van der Waals surface area contributed by atoms with Gasteiger partial charge in [0, 0.05) is 5.88 Å². The van der Waals surface area contributed by atoms with Gasteiger partial charge in [0.25, 0.3) is 0 Å². The molecule has 1 unspecified atom stereocenters. The summed E-state index contributed by atoms with van der Waals surface area (Å²) in [6.07, 6.45) is -0.779. The zero-order chi connectivity index (χ0) is 23.8. The van der Waals surface area contributed by atoms with Crippen molar-refractivity contribution in [2.45, 2.75) is 61.5 Å². The Hall–Kier alpha value is -2.46. The normalized spacial score (nSPS) is 27.7. The van der Waals surface area contributed by atoms with E-state index in [1.54, 1.807) is 58.0 Å². The van der Waals surface area contributed by atoms with Crippen LogP contribution in [0.4, 0.5) is 4.79 Å². The van der Waals surface area contributed by atoms with E-state index in [9.17, 15) is 24.3 Å². The van der Waals surface area contributed by atoms with Gasteiger partial charge in [-0.15, -0.1) is 23.4 Å². The van der Waals surface area contributed by atoms with E-state index in [1.807, 2.05) is 0 Å². The van der Waals surface area contributed by atoms with E-state index in [4.69, 9.17) is 16.3 Å². The maximum absolute atomic E-state index is 13.1. The maximum Gasteiger partial charge on any atom is 0.408 e. The molecule has 11 heteroatoms. The number of ether oxygens (including phenoxy) is 1. The molecule has 1 aromatic rings. The monoisotopic (exact) mass is 483 g/mol. The van der Waals surface area contributed by atoms with Crippen LogP contribution < -0.4 is 10.6 Å². The van der Waals surface area contributed by atoms with Gasteiger partial charge in [-0.3, -0.25) is 9.59 Å². The van der Waals surface area contributed by atoms with E-state index >= 15 is 0 Å². The van der Waals surface area contributed by atoms with Gasteiger partial charge < -0.3 is 25.4 Å². The predicted molar refractivity (Wildman–Crippen MR) is 119 cm³/mol. The Balaban J connectivity index is 1.78. The third kappa shape index (κ3) is 4.66.